The summed E-state index contributed by atoms with van der Waals surface area (Å²) in [5, 5.41) is 10.2. The molecular weight excluding hydrogens is 182 g/mol. The number of nitrogens with two attached hydrogens (primary N) is 1. The lowest BCUT2D eigenvalue weighted by atomic mass is 9.93. The van der Waals surface area contributed by atoms with E-state index in [2.05, 4.69) is 0 Å². The summed E-state index contributed by atoms with van der Waals surface area (Å²) in [6.07, 6.45) is 0.849. The van der Waals surface area contributed by atoms with E-state index in [9.17, 15) is 5.11 Å². The minimum Gasteiger partial charge on any atom is -0.399 e. The van der Waals surface area contributed by atoms with E-state index in [4.69, 9.17) is 5.73 Å². The van der Waals surface area contributed by atoms with E-state index >= 15 is 0 Å². The number of hydrogen-bond donors (Lipinski definition) is 2. The number of thioether (sulfide) groups is 1. The Balaban J connectivity index is 2.29. The topological polar surface area (TPSA) is 46.2 Å². The second-order valence-electron chi connectivity index (χ2n) is 3.46. The lowest BCUT2D eigenvalue weighted by Gasteiger charge is -2.21. The van der Waals surface area contributed by atoms with E-state index in [1.807, 2.05) is 24.3 Å². The molecule has 0 radical (unpaired) electrons. The van der Waals surface area contributed by atoms with Crippen molar-refractivity contribution in [1.82, 2.24) is 0 Å². The maximum Gasteiger partial charge on any atom is 0.0994 e. The quantitative estimate of drug-likeness (QED) is 0.669. The molecular formula is C10H13NOS. The fraction of sp³-hybridized carbons (Fsp3) is 0.400. The highest BCUT2D eigenvalue weighted by Gasteiger charge is 2.33. The van der Waals surface area contributed by atoms with Crippen molar-refractivity contribution in [2.45, 2.75) is 12.0 Å². The Kier molecular flexibility index (Phi) is 2.22. The SMILES string of the molecule is Nc1ccc(C2(O)CCSC2)cc1. The normalized spacial score (nSPS) is 27.8. The van der Waals surface area contributed by atoms with Gasteiger partial charge < -0.3 is 10.8 Å². The van der Waals surface area contributed by atoms with E-state index in [-0.39, 0.29) is 0 Å². The van der Waals surface area contributed by atoms with Crippen molar-refractivity contribution in [3.8, 4) is 0 Å². The highest BCUT2D eigenvalue weighted by atomic mass is 32.2. The number of anilines is 1. The molecule has 0 aliphatic carbocycles. The van der Waals surface area contributed by atoms with Gasteiger partial charge in [0.2, 0.25) is 0 Å². The van der Waals surface area contributed by atoms with Crippen LogP contribution in [0.4, 0.5) is 5.69 Å². The van der Waals surface area contributed by atoms with Gasteiger partial charge in [-0.15, -0.1) is 0 Å². The van der Waals surface area contributed by atoms with Crippen molar-refractivity contribution >= 4 is 17.4 Å². The van der Waals surface area contributed by atoms with E-state index in [0.29, 0.717) is 0 Å². The number of benzene rings is 1. The van der Waals surface area contributed by atoms with Gasteiger partial charge in [0.15, 0.2) is 0 Å². The standard InChI is InChI=1S/C10H13NOS/c11-9-3-1-8(2-4-9)10(12)5-6-13-7-10/h1-4,12H,5-7,11H2. The molecule has 3 heteroatoms. The molecule has 0 bridgehead atoms. The third-order valence-electron chi connectivity index (χ3n) is 2.45. The van der Waals surface area contributed by atoms with Gasteiger partial charge in [0.1, 0.15) is 0 Å². The van der Waals surface area contributed by atoms with Gasteiger partial charge in [-0.2, -0.15) is 11.8 Å². The molecule has 0 spiro atoms. The van der Waals surface area contributed by atoms with Crippen LogP contribution in [0.3, 0.4) is 0 Å². The average Bonchev–Trinajstić information content (AvgIpc) is 2.54. The van der Waals surface area contributed by atoms with Crippen molar-refractivity contribution in [3.63, 3.8) is 0 Å². The van der Waals surface area contributed by atoms with Crippen LogP contribution in [0.1, 0.15) is 12.0 Å². The number of nitrogen functional groups attached to an aromatic ring is 1. The van der Waals surface area contributed by atoms with Crippen LogP contribution in [0.25, 0.3) is 0 Å². The Bertz CT molecular complexity index is 290. The maximum absolute atomic E-state index is 10.2. The van der Waals surface area contributed by atoms with Crippen LogP contribution in [-0.2, 0) is 5.60 Å². The Morgan fingerprint density at radius 3 is 2.54 bits per heavy atom. The summed E-state index contributed by atoms with van der Waals surface area (Å²) >= 11 is 1.80. The zero-order valence-electron chi connectivity index (χ0n) is 7.36. The predicted octanol–water partition coefficient (Wildman–Crippen LogP) is 1.59. The molecule has 1 aromatic carbocycles. The Hall–Kier alpha value is -0.670. The largest absolute Gasteiger partial charge is 0.399 e. The molecule has 0 saturated carbocycles. The summed E-state index contributed by atoms with van der Waals surface area (Å²) in [4.78, 5) is 0. The highest BCUT2D eigenvalue weighted by molar-refractivity contribution is 7.99. The monoisotopic (exact) mass is 195 g/mol. The van der Waals surface area contributed by atoms with Gasteiger partial charge in [-0.25, -0.2) is 0 Å². The Labute approximate surface area is 82.1 Å². The average molecular weight is 195 g/mol. The number of hydrogen-bond acceptors (Lipinski definition) is 3. The molecule has 1 atom stereocenters. The van der Waals surface area contributed by atoms with Gasteiger partial charge in [0.05, 0.1) is 5.60 Å². The van der Waals surface area contributed by atoms with Gasteiger partial charge in [0, 0.05) is 11.4 Å². The summed E-state index contributed by atoms with van der Waals surface area (Å²) in [6.45, 7) is 0. The zero-order valence-corrected chi connectivity index (χ0v) is 8.18. The van der Waals surface area contributed by atoms with Crippen LogP contribution in [0.5, 0.6) is 0 Å². The summed E-state index contributed by atoms with van der Waals surface area (Å²) in [7, 11) is 0. The fourth-order valence-electron chi connectivity index (χ4n) is 1.58. The first-order valence-corrected chi connectivity index (χ1v) is 5.52. The van der Waals surface area contributed by atoms with Crippen molar-refractivity contribution in [1.29, 1.82) is 0 Å². The summed E-state index contributed by atoms with van der Waals surface area (Å²) in [5.41, 5.74) is 6.71. The molecule has 13 heavy (non-hydrogen) atoms. The van der Waals surface area contributed by atoms with Gasteiger partial charge in [0.25, 0.3) is 0 Å². The first-order valence-electron chi connectivity index (χ1n) is 4.37. The highest BCUT2D eigenvalue weighted by Crippen LogP contribution is 2.36. The summed E-state index contributed by atoms with van der Waals surface area (Å²) in [5.74, 6) is 1.85. The summed E-state index contributed by atoms with van der Waals surface area (Å²) < 4.78 is 0. The molecule has 1 aliphatic rings. The molecule has 2 rings (SSSR count). The van der Waals surface area contributed by atoms with E-state index < -0.39 is 5.60 Å². The van der Waals surface area contributed by atoms with Crippen molar-refractivity contribution in [2.75, 3.05) is 17.2 Å². The number of rotatable bonds is 1. The van der Waals surface area contributed by atoms with Crippen LogP contribution < -0.4 is 5.73 Å². The fourth-order valence-corrected chi connectivity index (χ4v) is 2.85. The van der Waals surface area contributed by atoms with Gasteiger partial charge in [-0.1, -0.05) is 12.1 Å². The second kappa shape index (κ2) is 3.24. The van der Waals surface area contributed by atoms with Crippen LogP contribution in [0.15, 0.2) is 24.3 Å². The predicted molar refractivity (Wildman–Crippen MR) is 56.7 cm³/mol. The first kappa shape index (κ1) is 8.91. The van der Waals surface area contributed by atoms with Gasteiger partial charge in [-0.3, -0.25) is 0 Å². The minimum atomic E-state index is -0.613. The van der Waals surface area contributed by atoms with Crippen LogP contribution in [0.2, 0.25) is 0 Å². The van der Waals surface area contributed by atoms with Crippen LogP contribution in [-0.4, -0.2) is 16.6 Å². The lowest BCUT2D eigenvalue weighted by Crippen LogP contribution is -2.24. The van der Waals surface area contributed by atoms with E-state index in [1.54, 1.807) is 11.8 Å². The van der Waals surface area contributed by atoms with E-state index in [1.165, 1.54) is 0 Å². The van der Waals surface area contributed by atoms with Crippen LogP contribution in [0, 0.1) is 0 Å². The van der Waals surface area contributed by atoms with Crippen molar-refractivity contribution in [3.05, 3.63) is 29.8 Å². The maximum atomic E-state index is 10.2. The third-order valence-corrected chi connectivity index (χ3v) is 3.62. The number of aliphatic hydroxyl groups is 1. The van der Waals surface area contributed by atoms with Crippen molar-refractivity contribution in [2.24, 2.45) is 0 Å². The third kappa shape index (κ3) is 1.67. The molecule has 1 aromatic rings. The van der Waals surface area contributed by atoms with Gasteiger partial charge in [-0.05, 0) is 29.9 Å². The molecule has 1 unspecified atom stereocenters. The molecule has 1 fully saturated rings. The second-order valence-corrected chi connectivity index (χ2v) is 4.56. The van der Waals surface area contributed by atoms with Gasteiger partial charge >= 0.3 is 0 Å². The Morgan fingerprint density at radius 1 is 1.31 bits per heavy atom. The molecule has 2 nitrogen and oxygen atoms in total. The van der Waals surface area contributed by atoms with Crippen LogP contribution >= 0.6 is 11.8 Å². The minimum absolute atomic E-state index is 0.613. The molecule has 0 amide bonds. The lowest BCUT2D eigenvalue weighted by molar-refractivity contribution is 0.0658. The smallest absolute Gasteiger partial charge is 0.0994 e. The Morgan fingerprint density at radius 2 is 2.00 bits per heavy atom. The molecule has 3 N–H and O–H groups in total. The zero-order chi connectivity index (χ0) is 9.31. The first-order chi connectivity index (χ1) is 6.21. The van der Waals surface area contributed by atoms with E-state index in [0.717, 1.165) is 29.2 Å². The molecule has 1 aliphatic heterocycles. The summed E-state index contributed by atoms with van der Waals surface area (Å²) in [6, 6.07) is 7.52. The molecule has 0 aromatic heterocycles. The molecule has 1 saturated heterocycles. The molecule has 1 heterocycles. The molecule has 70 valence electrons. The van der Waals surface area contributed by atoms with Crippen molar-refractivity contribution < 1.29 is 5.11 Å².